The third-order valence-corrected chi connectivity index (χ3v) is 2.30. The van der Waals surface area contributed by atoms with Crippen LogP contribution in [0.5, 0.6) is 0 Å². The molecule has 76 valence electrons. The van der Waals surface area contributed by atoms with E-state index in [0.717, 1.165) is 16.5 Å². The molecule has 15 heavy (non-hydrogen) atoms. The lowest BCUT2D eigenvalue weighted by Crippen LogP contribution is -2.06. The van der Waals surface area contributed by atoms with Gasteiger partial charge in [-0.1, -0.05) is 24.3 Å². The Morgan fingerprint density at radius 2 is 2.13 bits per heavy atom. The van der Waals surface area contributed by atoms with Gasteiger partial charge >= 0.3 is 5.97 Å². The van der Waals surface area contributed by atoms with E-state index in [1.807, 2.05) is 30.3 Å². The highest BCUT2D eigenvalue weighted by molar-refractivity contribution is 5.87. The Morgan fingerprint density at radius 3 is 2.93 bits per heavy atom. The SMILES string of the molecule is COC(=O)Cc1nccc2ccccc12. The van der Waals surface area contributed by atoms with Crippen molar-refractivity contribution in [3.05, 3.63) is 42.2 Å². The van der Waals surface area contributed by atoms with Gasteiger partial charge in [0, 0.05) is 11.6 Å². The molecule has 0 saturated carbocycles. The molecule has 0 aliphatic heterocycles. The van der Waals surface area contributed by atoms with Crippen LogP contribution in [0.15, 0.2) is 36.5 Å². The first kappa shape index (κ1) is 9.65. The van der Waals surface area contributed by atoms with Crippen molar-refractivity contribution in [1.29, 1.82) is 0 Å². The molecule has 0 aliphatic rings. The molecule has 3 nitrogen and oxygen atoms in total. The fraction of sp³-hybridized carbons (Fsp3) is 0.167. The van der Waals surface area contributed by atoms with Crippen LogP contribution in [0.4, 0.5) is 0 Å². The lowest BCUT2D eigenvalue weighted by molar-refractivity contribution is -0.139. The van der Waals surface area contributed by atoms with Crippen LogP contribution in [0.3, 0.4) is 0 Å². The molecule has 3 heteroatoms. The fourth-order valence-electron chi connectivity index (χ4n) is 1.53. The van der Waals surface area contributed by atoms with Gasteiger partial charge in [-0.15, -0.1) is 0 Å². The standard InChI is InChI=1S/C12H11NO2/c1-15-12(14)8-11-10-5-3-2-4-9(10)6-7-13-11/h2-7H,8H2,1H3. The van der Waals surface area contributed by atoms with Gasteiger partial charge < -0.3 is 4.74 Å². The van der Waals surface area contributed by atoms with E-state index in [1.54, 1.807) is 6.20 Å². The van der Waals surface area contributed by atoms with Crippen LogP contribution >= 0.6 is 0 Å². The van der Waals surface area contributed by atoms with E-state index in [-0.39, 0.29) is 12.4 Å². The lowest BCUT2D eigenvalue weighted by atomic mass is 10.1. The third-order valence-electron chi connectivity index (χ3n) is 2.30. The maximum atomic E-state index is 11.2. The van der Waals surface area contributed by atoms with Crippen molar-refractivity contribution in [2.24, 2.45) is 0 Å². The number of fused-ring (bicyclic) bond motifs is 1. The van der Waals surface area contributed by atoms with Crippen LogP contribution in [0.2, 0.25) is 0 Å². The van der Waals surface area contributed by atoms with Crippen molar-refractivity contribution in [3.8, 4) is 0 Å². The summed E-state index contributed by atoms with van der Waals surface area (Å²) in [6, 6.07) is 9.78. The minimum absolute atomic E-state index is 0.220. The number of methoxy groups -OCH3 is 1. The number of nitrogens with zero attached hydrogens (tertiary/aromatic N) is 1. The largest absolute Gasteiger partial charge is 0.469 e. The molecule has 0 aliphatic carbocycles. The zero-order valence-corrected chi connectivity index (χ0v) is 8.43. The van der Waals surface area contributed by atoms with Crippen molar-refractivity contribution < 1.29 is 9.53 Å². The second kappa shape index (κ2) is 4.09. The first-order chi connectivity index (χ1) is 7.31. The van der Waals surface area contributed by atoms with E-state index in [2.05, 4.69) is 9.72 Å². The summed E-state index contributed by atoms with van der Waals surface area (Å²) >= 11 is 0. The minimum atomic E-state index is -0.265. The Balaban J connectivity index is 2.46. The number of hydrogen-bond donors (Lipinski definition) is 0. The number of hydrogen-bond acceptors (Lipinski definition) is 3. The Kier molecular flexibility index (Phi) is 2.63. The van der Waals surface area contributed by atoms with Crippen LogP contribution < -0.4 is 0 Å². The molecule has 1 aromatic heterocycles. The minimum Gasteiger partial charge on any atom is -0.469 e. The van der Waals surface area contributed by atoms with E-state index < -0.39 is 0 Å². The average molecular weight is 201 g/mol. The summed E-state index contributed by atoms with van der Waals surface area (Å²) in [7, 11) is 1.38. The van der Waals surface area contributed by atoms with E-state index in [1.165, 1.54) is 7.11 Å². The first-order valence-electron chi connectivity index (χ1n) is 4.70. The molecular weight excluding hydrogens is 190 g/mol. The summed E-state index contributed by atoms with van der Waals surface area (Å²) in [5, 5.41) is 2.09. The molecule has 0 unspecified atom stereocenters. The van der Waals surface area contributed by atoms with Crippen LogP contribution in [0, 0.1) is 0 Å². The molecule has 0 N–H and O–H groups in total. The van der Waals surface area contributed by atoms with Gasteiger partial charge in [0.1, 0.15) is 0 Å². The maximum absolute atomic E-state index is 11.2. The highest BCUT2D eigenvalue weighted by Crippen LogP contribution is 2.16. The number of esters is 1. The molecule has 0 amide bonds. The number of carbonyl (C=O) groups excluding carboxylic acids is 1. The fourth-order valence-corrected chi connectivity index (χ4v) is 1.53. The summed E-state index contributed by atoms with van der Waals surface area (Å²) in [5.74, 6) is -0.265. The van der Waals surface area contributed by atoms with Crippen molar-refractivity contribution in [1.82, 2.24) is 4.98 Å². The third kappa shape index (κ3) is 1.96. The second-order valence-corrected chi connectivity index (χ2v) is 3.23. The van der Waals surface area contributed by atoms with Crippen LogP contribution in [0.25, 0.3) is 10.8 Å². The molecule has 0 saturated heterocycles. The molecule has 1 heterocycles. The number of pyridine rings is 1. The van der Waals surface area contributed by atoms with Crippen molar-refractivity contribution in [3.63, 3.8) is 0 Å². The van der Waals surface area contributed by atoms with Gasteiger partial charge in [-0.25, -0.2) is 0 Å². The number of rotatable bonds is 2. The predicted octanol–water partition coefficient (Wildman–Crippen LogP) is 1.95. The zero-order chi connectivity index (χ0) is 10.7. The molecule has 1 aromatic carbocycles. The van der Waals surface area contributed by atoms with Crippen LogP contribution in [-0.4, -0.2) is 18.1 Å². The second-order valence-electron chi connectivity index (χ2n) is 3.23. The Morgan fingerprint density at radius 1 is 1.33 bits per heavy atom. The molecule has 0 fully saturated rings. The summed E-state index contributed by atoms with van der Waals surface area (Å²) in [5.41, 5.74) is 0.764. The molecule has 0 bridgehead atoms. The van der Waals surface area contributed by atoms with Crippen LogP contribution in [-0.2, 0) is 16.0 Å². The summed E-state index contributed by atoms with van der Waals surface area (Å²) < 4.78 is 4.62. The van der Waals surface area contributed by atoms with Gasteiger partial charge in [-0.05, 0) is 11.5 Å². The van der Waals surface area contributed by atoms with Crippen molar-refractivity contribution in [2.45, 2.75) is 6.42 Å². The normalized spacial score (nSPS) is 10.2. The smallest absolute Gasteiger partial charge is 0.311 e. The number of carbonyl (C=O) groups is 1. The van der Waals surface area contributed by atoms with Crippen LogP contribution in [0.1, 0.15) is 5.69 Å². The summed E-state index contributed by atoms with van der Waals surface area (Å²) in [4.78, 5) is 15.4. The highest BCUT2D eigenvalue weighted by Gasteiger charge is 2.07. The topological polar surface area (TPSA) is 39.2 Å². The van der Waals surface area contributed by atoms with Gasteiger partial charge in [0.05, 0.1) is 19.2 Å². The molecular formula is C12H11NO2. The number of benzene rings is 1. The number of aromatic nitrogens is 1. The average Bonchev–Trinajstić information content (AvgIpc) is 2.29. The maximum Gasteiger partial charge on any atom is 0.311 e. The quantitative estimate of drug-likeness (QED) is 0.697. The summed E-state index contributed by atoms with van der Waals surface area (Å²) in [6.45, 7) is 0. The lowest BCUT2D eigenvalue weighted by Gasteiger charge is -2.03. The van der Waals surface area contributed by atoms with E-state index in [9.17, 15) is 4.79 Å². The van der Waals surface area contributed by atoms with Gasteiger partial charge in [0.25, 0.3) is 0 Å². The molecule has 0 spiro atoms. The molecule has 2 rings (SSSR count). The van der Waals surface area contributed by atoms with E-state index >= 15 is 0 Å². The zero-order valence-electron chi connectivity index (χ0n) is 8.43. The van der Waals surface area contributed by atoms with Crippen molar-refractivity contribution in [2.75, 3.05) is 7.11 Å². The summed E-state index contributed by atoms with van der Waals surface area (Å²) in [6.07, 6.45) is 1.93. The monoisotopic (exact) mass is 201 g/mol. The first-order valence-corrected chi connectivity index (χ1v) is 4.70. The van der Waals surface area contributed by atoms with Gasteiger partial charge in [0.15, 0.2) is 0 Å². The Labute approximate surface area is 87.7 Å². The van der Waals surface area contributed by atoms with Gasteiger partial charge in [0.2, 0.25) is 0 Å². The molecule has 0 atom stereocenters. The Bertz CT molecular complexity index is 488. The predicted molar refractivity (Wildman–Crippen MR) is 57.5 cm³/mol. The number of ether oxygens (including phenoxy) is 1. The Hall–Kier alpha value is -1.90. The van der Waals surface area contributed by atoms with Gasteiger partial charge in [-0.2, -0.15) is 0 Å². The van der Waals surface area contributed by atoms with Crippen molar-refractivity contribution >= 4 is 16.7 Å². The van der Waals surface area contributed by atoms with Gasteiger partial charge in [-0.3, -0.25) is 9.78 Å². The highest BCUT2D eigenvalue weighted by atomic mass is 16.5. The molecule has 0 radical (unpaired) electrons. The molecule has 2 aromatic rings. The van der Waals surface area contributed by atoms with E-state index in [0.29, 0.717) is 0 Å². The van der Waals surface area contributed by atoms with E-state index in [4.69, 9.17) is 0 Å².